The molecule has 4 nitrogen and oxygen atoms in total. The van der Waals surface area contributed by atoms with Crippen molar-refractivity contribution in [1.82, 2.24) is 0 Å². The summed E-state index contributed by atoms with van der Waals surface area (Å²) < 4.78 is 160. The summed E-state index contributed by atoms with van der Waals surface area (Å²) in [5.74, 6) is -40.7. The third-order valence-electron chi connectivity index (χ3n) is 2.63. The van der Waals surface area contributed by atoms with E-state index in [4.69, 9.17) is 0 Å². The number of alkyl halides is 12. The van der Waals surface area contributed by atoms with Crippen molar-refractivity contribution in [1.29, 1.82) is 0 Å². The molecular weight excluding hydrogens is 412 g/mol. The number of esters is 1. The van der Waals surface area contributed by atoms with Gasteiger partial charge < -0.3 is 9.47 Å². The number of hydrogen-bond donors (Lipinski definition) is 0. The van der Waals surface area contributed by atoms with E-state index in [1.165, 1.54) is 0 Å². The first-order chi connectivity index (χ1) is 11.4. The van der Waals surface area contributed by atoms with Crippen molar-refractivity contribution in [2.45, 2.75) is 36.0 Å². The highest BCUT2D eigenvalue weighted by atomic mass is 19.4. The summed E-state index contributed by atoms with van der Waals surface area (Å²) in [5, 5.41) is 0. The zero-order chi connectivity index (χ0) is 21.2. The quantitative estimate of drug-likeness (QED) is 0.237. The summed E-state index contributed by atoms with van der Waals surface area (Å²) in [6.45, 7) is -2.83. The summed E-state index contributed by atoms with van der Waals surface area (Å²) >= 11 is 0. The average molecular weight is 418 g/mol. The molecule has 0 fully saturated rings. The maximum atomic E-state index is 13.1. The van der Waals surface area contributed by atoms with Gasteiger partial charge in [0.1, 0.15) is 13.2 Å². The molecule has 0 saturated heterocycles. The lowest BCUT2D eigenvalue weighted by Crippen LogP contribution is -2.70. The van der Waals surface area contributed by atoms with Crippen LogP contribution < -0.4 is 0 Å². The van der Waals surface area contributed by atoms with Crippen LogP contribution >= 0.6 is 0 Å². The highest BCUT2D eigenvalue weighted by molar-refractivity contribution is 5.79. The molecule has 0 amide bonds. The molecule has 0 aliphatic heterocycles. The van der Waals surface area contributed by atoms with E-state index in [-0.39, 0.29) is 6.47 Å². The summed E-state index contributed by atoms with van der Waals surface area (Å²) in [6.07, 6.45) is -5.64. The normalized spacial score (nSPS) is 14.3. The Labute approximate surface area is 135 Å². The number of carbonyl (C=O) groups is 2. The van der Waals surface area contributed by atoms with Crippen molar-refractivity contribution in [3.05, 3.63) is 0 Å². The van der Waals surface area contributed by atoms with Crippen molar-refractivity contribution in [2.75, 3.05) is 13.2 Å². The van der Waals surface area contributed by atoms with Gasteiger partial charge in [-0.1, -0.05) is 0 Å². The molecule has 0 unspecified atom stereocenters. The fourth-order valence-electron chi connectivity index (χ4n) is 1.19. The van der Waals surface area contributed by atoms with Crippen LogP contribution in [0.1, 0.15) is 0 Å². The molecule has 0 aromatic carbocycles. The van der Waals surface area contributed by atoms with Gasteiger partial charge in [-0.3, -0.25) is 4.79 Å². The highest BCUT2D eigenvalue weighted by Crippen LogP contribution is 2.58. The van der Waals surface area contributed by atoms with Crippen molar-refractivity contribution in [3.8, 4) is 0 Å². The smallest absolute Gasteiger partial charge is 0.410 e. The lowest BCUT2D eigenvalue weighted by molar-refractivity contribution is -0.408. The number of rotatable bonds is 10. The van der Waals surface area contributed by atoms with Crippen LogP contribution in [0, 0.1) is 0 Å². The molecule has 154 valence electrons. The number of hydrogen-bond acceptors (Lipinski definition) is 4. The van der Waals surface area contributed by atoms with Crippen LogP contribution in [0.25, 0.3) is 0 Å². The van der Waals surface area contributed by atoms with Gasteiger partial charge in [-0.2, -0.15) is 43.9 Å². The van der Waals surface area contributed by atoms with E-state index in [0.717, 1.165) is 0 Å². The van der Waals surface area contributed by atoms with Gasteiger partial charge >= 0.3 is 42.0 Å². The Morgan fingerprint density at radius 2 is 1.27 bits per heavy atom. The topological polar surface area (TPSA) is 52.6 Å². The van der Waals surface area contributed by atoms with E-state index in [1.54, 1.807) is 0 Å². The van der Waals surface area contributed by atoms with Crippen molar-refractivity contribution >= 4 is 12.4 Å². The van der Waals surface area contributed by atoms with Gasteiger partial charge in [-0.15, -0.1) is 0 Å². The van der Waals surface area contributed by atoms with E-state index < -0.39 is 55.2 Å². The van der Waals surface area contributed by atoms with Crippen LogP contribution in [0.15, 0.2) is 0 Å². The second-order valence-electron chi connectivity index (χ2n) is 4.32. The highest BCUT2D eigenvalue weighted by Gasteiger charge is 2.89. The molecule has 16 heteroatoms. The summed E-state index contributed by atoms with van der Waals surface area (Å²) in [7, 11) is 0. The first-order valence-corrected chi connectivity index (χ1v) is 5.82. The van der Waals surface area contributed by atoms with Gasteiger partial charge in [0.2, 0.25) is 0 Å². The molecule has 26 heavy (non-hydrogen) atoms. The van der Waals surface area contributed by atoms with Crippen LogP contribution in [0.2, 0.25) is 0 Å². The molecule has 0 bridgehead atoms. The molecule has 0 aliphatic carbocycles. The Morgan fingerprint density at radius 1 is 0.808 bits per heavy atom. The fraction of sp³-hybridized carbons (Fsp3) is 0.800. The van der Waals surface area contributed by atoms with Gasteiger partial charge in [0, 0.05) is 0 Å². The van der Waals surface area contributed by atoms with E-state index in [9.17, 15) is 62.3 Å². The molecular formula is C10H6F12O4. The lowest BCUT2D eigenvalue weighted by atomic mass is 9.94. The minimum Gasteiger partial charge on any atom is -0.464 e. The maximum absolute atomic E-state index is 13.1. The first-order valence-electron chi connectivity index (χ1n) is 5.82. The van der Waals surface area contributed by atoms with Crippen LogP contribution in [-0.4, -0.2) is 61.7 Å². The fourth-order valence-corrected chi connectivity index (χ4v) is 1.19. The number of ether oxygens (including phenoxy) is 2. The second-order valence-corrected chi connectivity index (χ2v) is 4.32. The zero-order valence-electron chi connectivity index (χ0n) is 11.7. The molecule has 0 radical (unpaired) electrons. The molecule has 0 N–H and O–H groups in total. The zero-order valence-corrected chi connectivity index (χ0v) is 11.7. The van der Waals surface area contributed by atoms with Gasteiger partial charge in [0.25, 0.3) is 6.47 Å². The van der Waals surface area contributed by atoms with Crippen LogP contribution in [0.4, 0.5) is 52.7 Å². The second kappa shape index (κ2) is 7.38. The van der Waals surface area contributed by atoms with Gasteiger partial charge in [0.15, 0.2) is 0 Å². The van der Waals surface area contributed by atoms with Crippen LogP contribution in [0.3, 0.4) is 0 Å². The Kier molecular flexibility index (Phi) is 6.84. The van der Waals surface area contributed by atoms with E-state index >= 15 is 0 Å². The first kappa shape index (κ1) is 24.1. The predicted octanol–water partition coefficient (Wildman–Crippen LogP) is 3.14. The molecule has 0 aromatic heterocycles. The largest absolute Gasteiger partial charge is 0.464 e. The summed E-state index contributed by atoms with van der Waals surface area (Å²) in [4.78, 5) is 20.4. The summed E-state index contributed by atoms with van der Waals surface area (Å²) in [5.41, 5.74) is 0. The Balaban J connectivity index is 5.80. The van der Waals surface area contributed by atoms with E-state index in [2.05, 4.69) is 9.47 Å². The number of halogens is 12. The average Bonchev–Trinajstić information content (AvgIpc) is 2.50. The van der Waals surface area contributed by atoms with Gasteiger partial charge in [0.05, 0.1) is 0 Å². The SMILES string of the molecule is O=COCCOC(=O)C(F)(F)C(F)(F)C(F)(F)C(F)(F)C(F)(F)C(F)F. The molecule has 0 atom stereocenters. The third-order valence-corrected chi connectivity index (χ3v) is 2.63. The lowest BCUT2D eigenvalue weighted by Gasteiger charge is -2.38. The minimum atomic E-state index is -7.82. The molecule has 0 aromatic rings. The standard InChI is InChI=1S/C10H6F12O4/c11-4(12)6(13,14)8(17,18)10(21,22)9(19,20)7(15,16)5(24)26-2-1-25-3-23/h3-4H,1-2H2. The molecule has 0 saturated carbocycles. The van der Waals surface area contributed by atoms with Crippen molar-refractivity contribution < 1.29 is 71.7 Å². The molecule has 0 heterocycles. The number of carbonyl (C=O) groups excluding carboxylic acids is 2. The molecule has 0 rings (SSSR count). The van der Waals surface area contributed by atoms with E-state index in [0.29, 0.717) is 0 Å². The van der Waals surface area contributed by atoms with Gasteiger partial charge in [-0.05, 0) is 0 Å². The maximum Gasteiger partial charge on any atom is 0.410 e. The minimum absolute atomic E-state index is 0.346. The Morgan fingerprint density at radius 3 is 1.65 bits per heavy atom. The summed E-state index contributed by atoms with van der Waals surface area (Å²) in [6, 6.07) is 0. The Hall–Kier alpha value is -1.90. The molecule has 0 aliphatic rings. The van der Waals surface area contributed by atoms with Crippen LogP contribution in [0.5, 0.6) is 0 Å². The van der Waals surface area contributed by atoms with E-state index in [1.807, 2.05) is 0 Å². The predicted molar refractivity (Wildman–Crippen MR) is 53.7 cm³/mol. The Bertz CT molecular complexity index is 518. The van der Waals surface area contributed by atoms with Crippen LogP contribution in [-0.2, 0) is 19.1 Å². The van der Waals surface area contributed by atoms with Crippen molar-refractivity contribution in [2.24, 2.45) is 0 Å². The van der Waals surface area contributed by atoms with Gasteiger partial charge in [-0.25, -0.2) is 13.6 Å². The third kappa shape index (κ3) is 3.62. The monoisotopic (exact) mass is 418 g/mol. The van der Waals surface area contributed by atoms with Crippen molar-refractivity contribution in [3.63, 3.8) is 0 Å². The molecule has 0 spiro atoms.